The Hall–Kier alpha value is -1.10. The highest BCUT2D eigenvalue weighted by atomic mass is 79.9. The first-order chi connectivity index (χ1) is 7.63. The maximum absolute atomic E-state index is 12.8. The fourth-order valence-corrected chi connectivity index (χ4v) is 1.59. The maximum Gasteiger partial charge on any atom is 0.319 e. The van der Waals surface area contributed by atoms with Crippen LogP contribution in [0.3, 0.4) is 0 Å². The normalized spacial score (nSPS) is 9.94. The van der Waals surface area contributed by atoms with Gasteiger partial charge in [0.25, 0.3) is 0 Å². The summed E-state index contributed by atoms with van der Waals surface area (Å²) in [6.45, 7) is 2.69. The number of amides is 2. The average molecular weight is 289 g/mol. The summed E-state index contributed by atoms with van der Waals surface area (Å²) < 4.78 is 13.3. The predicted molar refractivity (Wildman–Crippen MR) is 66.0 cm³/mol. The Kier molecular flexibility index (Phi) is 5.25. The van der Waals surface area contributed by atoms with Gasteiger partial charge in [-0.1, -0.05) is 13.3 Å². The molecule has 0 fully saturated rings. The second-order valence-corrected chi connectivity index (χ2v) is 4.21. The molecule has 88 valence electrons. The van der Waals surface area contributed by atoms with E-state index in [0.29, 0.717) is 16.7 Å². The molecule has 0 aromatic heterocycles. The molecular weight excluding hydrogens is 275 g/mol. The Balaban J connectivity index is 2.49. The van der Waals surface area contributed by atoms with Gasteiger partial charge in [0, 0.05) is 11.0 Å². The van der Waals surface area contributed by atoms with E-state index in [4.69, 9.17) is 0 Å². The fourth-order valence-electron chi connectivity index (χ4n) is 1.14. The molecule has 0 aliphatic heterocycles. The van der Waals surface area contributed by atoms with Crippen LogP contribution in [0.25, 0.3) is 0 Å². The van der Waals surface area contributed by atoms with Crippen LogP contribution in [-0.2, 0) is 0 Å². The van der Waals surface area contributed by atoms with E-state index in [1.165, 1.54) is 18.2 Å². The van der Waals surface area contributed by atoms with Crippen molar-refractivity contribution in [2.75, 3.05) is 11.9 Å². The molecule has 0 radical (unpaired) electrons. The Morgan fingerprint density at radius 1 is 1.50 bits per heavy atom. The molecule has 0 aliphatic carbocycles. The van der Waals surface area contributed by atoms with Gasteiger partial charge in [0.15, 0.2) is 0 Å². The van der Waals surface area contributed by atoms with E-state index in [1.807, 2.05) is 0 Å². The third-order valence-corrected chi connectivity index (χ3v) is 2.65. The molecule has 2 amide bonds. The van der Waals surface area contributed by atoms with Crippen LogP contribution in [0.1, 0.15) is 19.8 Å². The molecule has 0 saturated heterocycles. The molecule has 0 saturated carbocycles. The molecule has 16 heavy (non-hydrogen) atoms. The van der Waals surface area contributed by atoms with Gasteiger partial charge in [-0.3, -0.25) is 0 Å². The number of hydrogen-bond donors (Lipinski definition) is 2. The number of unbranched alkanes of at least 4 members (excludes halogenated alkanes) is 1. The van der Waals surface area contributed by atoms with Crippen LogP contribution in [-0.4, -0.2) is 12.6 Å². The second kappa shape index (κ2) is 6.48. The summed E-state index contributed by atoms with van der Waals surface area (Å²) in [7, 11) is 0. The van der Waals surface area contributed by atoms with Crippen molar-refractivity contribution in [2.24, 2.45) is 0 Å². The predicted octanol–water partition coefficient (Wildman–Crippen LogP) is 3.51. The van der Waals surface area contributed by atoms with Crippen molar-refractivity contribution >= 4 is 27.6 Å². The van der Waals surface area contributed by atoms with Crippen LogP contribution in [0.4, 0.5) is 14.9 Å². The first-order valence-corrected chi connectivity index (χ1v) is 5.92. The number of carbonyl (C=O) groups excluding carboxylic acids is 1. The quantitative estimate of drug-likeness (QED) is 0.818. The van der Waals surface area contributed by atoms with Gasteiger partial charge in [0.05, 0.1) is 5.69 Å². The highest BCUT2D eigenvalue weighted by molar-refractivity contribution is 9.10. The van der Waals surface area contributed by atoms with E-state index in [1.54, 1.807) is 0 Å². The number of anilines is 1. The molecule has 0 bridgehead atoms. The number of nitrogens with one attached hydrogen (secondary N) is 2. The lowest BCUT2D eigenvalue weighted by molar-refractivity contribution is 0.252. The number of halogens is 2. The minimum Gasteiger partial charge on any atom is -0.338 e. The van der Waals surface area contributed by atoms with Gasteiger partial charge in [0.2, 0.25) is 0 Å². The van der Waals surface area contributed by atoms with Crippen LogP contribution >= 0.6 is 15.9 Å². The number of benzene rings is 1. The first kappa shape index (κ1) is 13.0. The van der Waals surface area contributed by atoms with Gasteiger partial charge in [0.1, 0.15) is 5.82 Å². The molecule has 2 N–H and O–H groups in total. The number of hydrogen-bond acceptors (Lipinski definition) is 1. The highest BCUT2D eigenvalue weighted by Gasteiger charge is 2.05. The molecule has 0 heterocycles. The Morgan fingerprint density at radius 2 is 2.25 bits per heavy atom. The minimum atomic E-state index is -0.344. The highest BCUT2D eigenvalue weighted by Crippen LogP contribution is 2.22. The van der Waals surface area contributed by atoms with Gasteiger partial charge in [-0.25, -0.2) is 9.18 Å². The van der Waals surface area contributed by atoms with Gasteiger partial charge < -0.3 is 10.6 Å². The van der Waals surface area contributed by atoms with E-state index < -0.39 is 0 Å². The van der Waals surface area contributed by atoms with Crippen LogP contribution in [0, 0.1) is 5.82 Å². The van der Waals surface area contributed by atoms with Crippen molar-refractivity contribution in [2.45, 2.75) is 19.8 Å². The Bertz CT molecular complexity index is 371. The van der Waals surface area contributed by atoms with Crippen LogP contribution in [0.15, 0.2) is 22.7 Å². The summed E-state index contributed by atoms with van der Waals surface area (Å²) >= 11 is 3.17. The van der Waals surface area contributed by atoms with Crippen molar-refractivity contribution in [1.82, 2.24) is 5.32 Å². The van der Waals surface area contributed by atoms with Crippen molar-refractivity contribution in [3.8, 4) is 0 Å². The standard InChI is InChI=1S/C11H14BrFN2O/c1-2-3-6-14-11(16)15-10-5-4-8(13)7-9(10)12/h4-5,7H,2-3,6H2,1H3,(H2,14,15,16). The van der Waals surface area contributed by atoms with Gasteiger partial charge in [-0.2, -0.15) is 0 Å². The summed E-state index contributed by atoms with van der Waals surface area (Å²) in [6.07, 6.45) is 1.97. The number of carbonyl (C=O) groups is 1. The lowest BCUT2D eigenvalue weighted by atomic mass is 10.3. The third-order valence-electron chi connectivity index (χ3n) is 2.00. The zero-order chi connectivity index (χ0) is 12.0. The third kappa shape index (κ3) is 4.18. The van der Waals surface area contributed by atoms with Crippen LogP contribution in [0.2, 0.25) is 0 Å². The summed E-state index contributed by atoms with van der Waals surface area (Å²) in [4.78, 5) is 11.4. The van der Waals surface area contributed by atoms with E-state index in [2.05, 4.69) is 33.5 Å². The van der Waals surface area contributed by atoms with E-state index in [0.717, 1.165) is 12.8 Å². The molecule has 0 aliphatic rings. The molecule has 0 atom stereocenters. The summed E-state index contributed by atoms with van der Waals surface area (Å²) in [5.41, 5.74) is 0.551. The zero-order valence-corrected chi connectivity index (χ0v) is 10.6. The molecule has 3 nitrogen and oxygen atoms in total. The van der Waals surface area contributed by atoms with E-state index in [9.17, 15) is 9.18 Å². The van der Waals surface area contributed by atoms with Gasteiger partial charge >= 0.3 is 6.03 Å². The molecule has 1 aromatic rings. The minimum absolute atomic E-state index is 0.277. The van der Waals surface area contributed by atoms with Crippen molar-refractivity contribution in [3.63, 3.8) is 0 Å². The topological polar surface area (TPSA) is 41.1 Å². The smallest absolute Gasteiger partial charge is 0.319 e. The molecule has 5 heteroatoms. The second-order valence-electron chi connectivity index (χ2n) is 3.36. The summed E-state index contributed by atoms with van der Waals surface area (Å²) in [5, 5.41) is 5.34. The SMILES string of the molecule is CCCCNC(=O)Nc1ccc(F)cc1Br. The van der Waals surface area contributed by atoms with Gasteiger partial charge in [-0.15, -0.1) is 0 Å². The van der Waals surface area contributed by atoms with Crippen LogP contribution in [0.5, 0.6) is 0 Å². The molecule has 0 unspecified atom stereocenters. The van der Waals surface area contributed by atoms with Crippen molar-refractivity contribution in [1.29, 1.82) is 0 Å². The lowest BCUT2D eigenvalue weighted by Crippen LogP contribution is -2.29. The molecular formula is C11H14BrFN2O. The lowest BCUT2D eigenvalue weighted by Gasteiger charge is -2.08. The van der Waals surface area contributed by atoms with Gasteiger partial charge in [-0.05, 0) is 40.5 Å². The van der Waals surface area contributed by atoms with Crippen molar-refractivity contribution < 1.29 is 9.18 Å². The Morgan fingerprint density at radius 3 is 2.88 bits per heavy atom. The molecule has 1 aromatic carbocycles. The average Bonchev–Trinajstić information content (AvgIpc) is 2.23. The number of urea groups is 1. The first-order valence-electron chi connectivity index (χ1n) is 5.13. The van der Waals surface area contributed by atoms with E-state index >= 15 is 0 Å². The summed E-state index contributed by atoms with van der Waals surface area (Å²) in [6, 6.07) is 3.84. The van der Waals surface area contributed by atoms with Crippen LogP contribution < -0.4 is 10.6 Å². The number of rotatable bonds is 4. The molecule has 1 rings (SSSR count). The monoisotopic (exact) mass is 288 g/mol. The zero-order valence-electron chi connectivity index (χ0n) is 9.02. The van der Waals surface area contributed by atoms with E-state index in [-0.39, 0.29) is 11.8 Å². The summed E-state index contributed by atoms with van der Waals surface area (Å²) in [5.74, 6) is -0.344. The largest absolute Gasteiger partial charge is 0.338 e. The maximum atomic E-state index is 12.8. The Labute approximate surface area is 103 Å². The fraction of sp³-hybridized carbons (Fsp3) is 0.364. The van der Waals surface area contributed by atoms with Crippen molar-refractivity contribution in [3.05, 3.63) is 28.5 Å². The molecule has 0 spiro atoms.